The summed E-state index contributed by atoms with van der Waals surface area (Å²) < 4.78 is 20.7. The molecule has 164 valence electrons. The van der Waals surface area contributed by atoms with Crippen LogP contribution in [0.2, 0.25) is 0 Å². The number of benzene rings is 1. The number of hydrogen-bond acceptors (Lipinski definition) is 8. The van der Waals surface area contributed by atoms with E-state index in [9.17, 15) is 38.8 Å². The number of anilines is 1. The molecule has 3 rings (SSSR count). The Balaban J connectivity index is 2.36. The molecule has 12 nitrogen and oxygen atoms in total. The molecule has 0 radical (unpaired) electrons. The summed E-state index contributed by atoms with van der Waals surface area (Å²) in [5.74, 6) is -5.55. The van der Waals surface area contributed by atoms with E-state index in [0.717, 1.165) is 13.3 Å². The van der Waals surface area contributed by atoms with Crippen molar-refractivity contribution in [3.8, 4) is 0 Å². The minimum atomic E-state index is -1.88. The lowest BCUT2D eigenvalue weighted by molar-refractivity contribution is -0.382. The lowest BCUT2D eigenvalue weighted by atomic mass is 10.1. The van der Waals surface area contributed by atoms with Crippen LogP contribution < -0.4 is 10.7 Å². The summed E-state index contributed by atoms with van der Waals surface area (Å²) in [5.41, 5.74) is -3.55. The van der Waals surface area contributed by atoms with Crippen molar-refractivity contribution >= 4 is 40.2 Å². The zero-order valence-electron chi connectivity index (χ0n) is 16.0. The first-order chi connectivity index (χ1) is 14.6. The Morgan fingerprint density at radius 1 is 1.39 bits per heavy atom. The van der Waals surface area contributed by atoms with Gasteiger partial charge in [0.05, 0.1) is 23.8 Å². The minimum Gasteiger partial charge on any atom is -0.481 e. The van der Waals surface area contributed by atoms with E-state index in [-0.39, 0.29) is 11.6 Å². The van der Waals surface area contributed by atoms with Gasteiger partial charge in [0, 0.05) is 12.2 Å². The molecule has 1 aromatic carbocycles. The van der Waals surface area contributed by atoms with Crippen LogP contribution in [0.25, 0.3) is 10.9 Å². The molecule has 1 fully saturated rings. The second-order valence-electron chi connectivity index (χ2n) is 6.87. The van der Waals surface area contributed by atoms with E-state index in [2.05, 4.69) is 10.1 Å². The Hall–Kier alpha value is -4.03. The van der Waals surface area contributed by atoms with E-state index in [4.69, 9.17) is 5.11 Å². The van der Waals surface area contributed by atoms with E-state index in [1.165, 1.54) is 4.57 Å². The molecule has 0 aliphatic heterocycles. The van der Waals surface area contributed by atoms with Crippen LogP contribution in [-0.4, -0.2) is 50.8 Å². The summed E-state index contributed by atoms with van der Waals surface area (Å²) in [6.07, 6.45) is 1.26. The first kappa shape index (κ1) is 21.7. The molecule has 1 unspecified atom stereocenters. The number of carboxylic acids is 2. The largest absolute Gasteiger partial charge is 0.481 e. The van der Waals surface area contributed by atoms with Crippen molar-refractivity contribution in [3.63, 3.8) is 0 Å². The predicted octanol–water partition coefficient (Wildman–Crippen LogP) is 1.51. The number of nitro benzene ring substituents is 1. The fourth-order valence-corrected chi connectivity index (χ4v) is 3.23. The number of hydrogen-bond donors (Lipinski definition) is 3. The number of esters is 1. The average molecular weight is 437 g/mol. The molecule has 2 aromatic rings. The zero-order valence-corrected chi connectivity index (χ0v) is 16.0. The Morgan fingerprint density at radius 2 is 2.03 bits per heavy atom. The molecule has 1 aliphatic carbocycles. The van der Waals surface area contributed by atoms with E-state index in [0.29, 0.717) is 18.9 Å². The summed E-state index contributed by atoms with van der Waals surface area (Å²) in [6.45, 7) is 0. The fourth-order valence-electron chi connectivity index (χ4n) is 3.23. The summed E-state index contributed by atoms with van der Waals surface area (Å²) in [5, 5.41) is 31.6. The Labute approximate surface area is 172 Å². The van der Waals surface area contributed by atoms with Crippen molar-refractivity contribution in [1.82, 2.24) is 4.57 Å². The Morgan fingerprint density at radius 3 is 2.52 bits per heavy atom. The van der Waals surface area contributed by atoms with Crippen molar-refractivity contribution in [2.24, 2.45) is 0 Å². The third kappa shape index (κ3) is 4.01. The van der Waals surface area contributed by atoms with Crippen molar-refractivity contribution < 1.29 is 38.6 Å². The first-order valence-electron chi connectivity index (χ1n) is 8.92. The highest BCUT2D eigenvalue weighted by Crippen LogP contribution is 2.42. The lowest BCUT2D eigenvalue weighted by Crippen LogP contribution is -2.32. The van der Waals surface area contributed by atoms with E-state index < -0.39 is 68.9 Å². The molecule has 0 saturated heterocycles. The average Bonchev–Trinajstić information content (AvgIpc) is 3.52. The van der Waals surface area contributed by atoms with Gasteiger partial charge in [-0.2, -0.15) is 0 Å². The van der Waals surface area contributed by atoms with Gasteiger partial charge in [0.15, 0.2) is 11.5 Å². The number of ether oxygens (including phenoxy) is 1. The van der Waals surface area contributed by atoms with Crippen LogP contribution in [0.1, 0.15) is 35.7 Å². The number of carboxylic acid groups (broad SMARTS) is 2. The highest BCUT2D eigenvalue weighted by atomic mass is 19.1. The number of aromatic nitrogens is 1. The predicted molar refractivity (Wildman–Crippen MR) is 102 cm³/mol. The second-order valence-corrected chi connectivity index (χ2v) is 6.87. The quantitative estimate of drug-likeness (QED) is 0.311. The SMILES string of the molecule is COC(=O)c1cn(C2CC2)c2c([N+](=O)[O-])c(NC(CC(=O)O)C(=O)O)c(F)cc2c1=O. The number of rotatable bonds is 8. The summed E-state index contributed by atoms with van der Waals surface area (Å²) in [7, 11) is 1.04. The smallest absolute Gasteiger partial charge is 0.343 e. The fraction of sp³-hybridized carbons (Fsp3) is 0.333. The highest BCUT2D eigenvalue weighted by Gasteiger charge is 2.35. The van der Waals surface area contributed by atoms with Crippen LogP contribution >= 0.6 is 0 Å². The number of fused-ring (bicyclic) bond motifs is 1. The number of aliphatic carboxylic acids is 2. The number of pyridine rings is 1. The molecule has 31 heavy (non-hydrogen) atoms. The van der Waals surface area contributed by atoms with Crippen LogP contribution in [0, 0.1) is 15.9 Å². The van der Waals surface area contributed by atoms with Gasteiger partial charge < -0.3 is 24.8 Å². The van der Waals surface area contributed by atoms with E-state index in [1.807, 2.05) is 0 Å². The summed E-state index contributed by atoms with van der Waals surface area (Å²) in [4.78, 5) is 57.9. The van der Waals surface area contributed by atoms with E-state index >= 15 is 0 Å². The van der Waals surface area contributed by atoms with Crippen molar-refractivity contribution in [2.75, 3.05) is 12.4 Å². The molecule has 3 N–H and O–H groups in total. The summed E-state index contributed by atoms with van der Waals surface area (Å²) >= 11 is 0. The standard InChI is InChI=1S/C18H16FN3O9/c1-31-18(28)9-6-21(7-2-3-7)14-8(16(9)25)4-10(19)13(15(14)22(29)30)20-11(17(26)27)5-12(23)24/h4,6-7,11,20H,2-3,5H2,1H3,(H,23,24)(H,26,27). The molecule has 0 amide bonds. The highest BCUT2D eigenvalue weighted by molar-refractivity contribution is 6.00. The number of nitrogens with zero attached hydrogens (tertiary/aromatic N) is 2. The van der Waals surface area contributed by atoms with Gasteiger partial charge in [0.25, 0.3) is 0 Å². The third-order valence-electron chi connectivity index (χ3n) is 4.77. The monoisotopic (exact) mass is 437 g/mol. The van der Waals surface area contributed by atoms with Gasteiger partial charge in [-0.15, -0.1) is 0 Å². The van der Waals surface area contributed by atoms with Gasteiger partial charge in [0.1, 0.15) is 17.1 Å². The Bertz CT molecular complexity index is 1190. The van der Waals surface area contributed by atoms with Crippen LogP contribution in [0.5, 0.6) is 0 Å². The number of nitrogens with one attached hydrogen (secondary N) is 1. The summed E-state index contributed by atoms with van der Waals surface area (Å²) in [6, 6.07) is -1.53. The molecular weight excluding hydrogens is 421 g/mol. The van der Waals surface area contributed by atoms with Gasteiger partial charge >= 0.3 is 23.6 Å². The molecule has 1 aromatic heterocycles. The number of methoxy groups -OCH3 is 1. The minimum absolute atomic E-state index is 0.308. The van der Waals surface area contributed by atoms with Crippen LogP contribution in [0.15, 0.2) is 17.1 Å². The topological polar surface area (TPSA) is 178 Å². The zero-order chi connectivity index (χ0) is 23.0. The van der Waals surface area contributed by atoms with Gasteiger partial charge in [-0.25, -0.2) is 14.0 Å². The maximum atomic E-state index is 14.9. The molecule has 1 aliphatic rings. The van der Waals surface area contributed by atoms with Crippen LogP contribution in [0.4, 0.5) is 15.8 Å². The maximum Gasteiger partial charge on any atom is 0.343 e. The van der Waals surface area contributed by atoms with Crippen molar-refractivity contribution in [2.45, 2.75) is 31.3 Å². The molecular formula is C18H16FN3O9. The third-order valence-corrected chi connectivity index (χ3v) is 4.77. The van der Waals surface area contributed by atoms with E-state index in [1.54, 1.807) is 0 Å². The normalized spacial score (nSPS) is 14.1. The molecule has 13 heteroatoms. The molecule has 1 heterocycles. The van der Waals surface area contributed by atoms with Crippen LogP contribution in [-0.2, 0) is 14.3 Å². The van der Waals surface area contributed by atoms with Gasteiger partial charge in [-0.3, -0.25) is 19.7 Å². The van der Waals surface area contributed by atoms with Gasteiger partial charge in [-0.05, 0) is 18.9 Å². The van der Waals surface area contributed by atoms with Crippen LogP contribution in [0.3, 0.4) is 0 Å². The van der Waals surface area contributed by atoms with Crippen molar-refractivity contribution in [3.05, 3.63) is 44.0 Å². The number of carbonyl (C=O) groups is 3. The van der Waals surface area contributed by atoms with Crippen molar-refractivity contribution in [1.29, 1.82) is 0 Å². The number of halogens is 1. The number of carbonyl (C=O) groups excluding carboxylic acids is 1. The lowest BCUT2D eigenvalue weighted by Gasteiger charge is -2.18. The molecule has 1 atom stereocenters. The number of nitro groups is 1. The Kier molecular flexibility index (Phi) is 5.60. The molecule has 1 saturated carbocycles. The molecule has 0 spiro atoms. The van der Waals surface area contributed by atoms with Gasteiger partial charge in [-0.1, -0.05) is 0 Å². The maximum absolute atomic E-state index is 14.9. The molecule has 0 bridgehead atoms. The first-order valence-corrected chi connectivity index (χ1v) is 8.92. The van der Waals surface area contributed by atoms with Gasteiger partial charge in [0.2, 0.25) is 5.43 Å². The second kappa shape index (κ2) is 8.01.